The Labute approximate surface area is 85.5 Å². The second-order valence-corrected chi connectivity index (χ2v) is 4.24. The molecule has 0 aliphatic carbocycles. The SMILES string of the molecule is [CH][C@](O)(CC(=O)C(C)C)C(=O)C(C)C. The van der Waals surface area contributed by atoms with Crippen LogP contribution in [0.4, 0.5) is 0 Å². The fraction of sp³-hybridized carbons (Fsp3) is 0.727. The summed E-state index contributed by atoms with van der Waals surface area (Å²) in [5.41, 5.74) is -2.00. The first-order valence-electron chi connectivity index (χ1n) is 4.76. The van der Waals surface area contributed by atoms with Crippen LogP contribution in [0.1, 0.15) is 34.1 Å². The maximum atomic E-state index is 11.4. The van der Waals surface area contributed by atoms with Gasteiger partial charge in [-0.3, -0.25) is 9.59 Å². The largest absolute Gasteiger partial charge is 0.381 e. The van der Waals surface area contributed by atoms with E-state index in [9.17, 15) is 14.7 Å². The summed E-state index contributed by atoms with van der Waals surface area (Å²) in [6.07, 6.45) is -0.304. The number of rotatable bonds is 5. The average Bonchev–Trinajstić information content (AvgIpc) is 2.01. The van der Waals surface area contributed by atoms with Crippen LogP contribution in [0.25, 0.3) is 0 Å². The summed E-state index contributed by atoms with van der Waals surface area (Å²) in [5.74, 6) is -1.29. The number of hydrogen-bond donors (Lipinski definition) is 1. The third kappa shape index (κ3) is 3.58. The van der Waals surface area contributed by atoms with Crippen molar-refractivity contribution in [3.8, 4) is 0 Å². The zero-order valence-electron chi connectivity index (χ0n) is 9.20. The van der Waals surface area contributed by atoms with Crippen molar-refractivity contribution in [1.82, 2.24) is 0 Å². The minimum absolute atomic E-state index is 0.205. The zero-order chi connectivity index (χ0) is 11.5. The fourth-order valence-electron chi connectivity index (χ4n) is 1.06. The summed E-state index contributed by atoms with van der Waals surface area (Å²) in [4.78, 5) is 22.7. The van der Waals surface area contributed by atoms with E-state index >= 15 is 0 Å². The van der Waals surface area contributed by atoms with Gasteiger partial charge in [0.15, 0.2) is 5.78 Å². The number of carbonyl (C=O) groups is 2. The first kappa shape index (κ1) is 13.3. The van der Waals surface area contributed by atoms with Crippen molar-refractivity contribution in [2.75, 3.05) is 0 Å². The standard InChI is InChI=1S/C11H18O3/c1-7(2)9(12)6-11(5,14)10(13)8(3)4/h5,7-8,14H,6H2,1-4H3/t11-/m0/s1. The molecule has 1 N–H and O–H groups in total. The van der Waals surface area contributed by atoms with Crippen molar-refractivity contribution in [2.45, 2.75) is 39.7 Å². The predicted molar refractivity (Wildman–Crippen MR) is 53.6 cm³/mol. The van der Waals surface area contributed by atoms with E-state index in [0.717, 1.165) is 0 Å². The van der Waals surface area contributed by atoms with Crippen LogP contribution in [0.2, 0.25) is 0 Å². The van der Waals surface area contributed by atoms with Crippen LogP contribution in [0.3, 0.4) is 0 Å². The maximum Gasteiger partial charge on any atom is 0.167 e. The average molecular weight is 198 g/mol. The van der Waals surface area contributed by atoms with E-state index in [4.69, 9.17) is 6.92 Å². The Kier molecular flexibility index (Phi) is 4.46. The third-order valence-corrected chi connectivity index (χ3v) is 2.04. The zero-order valence-corrected chi connectivity index (χ0v) is 9.20. The molecule has 0 saturated heterocycles. The van der Waals surface area contributed by atoms with Gasteiger partial charge in [-0.15, -0.1) is 0 Å². The molecule has 0 unspecified atom stereocenters. The predicted octanol–water partition coefficient (Wildman–Crippen LogP) is 1.27. The Balaban J connectivity index is 4.49. The molecule has 80 valence electrons. The minimum atomic E-state index is -2.00. The number of hydrogen-bond acceptors (Lipinski definition) is 3. The summed E-state index contributed by atoms with van der Waals surface area (Å²) < 4.78 is 0. The summed E-state index contributed by atoms with van der Waals surface area (Å²) in [7, 11) is 0. The highest BCUT2D eigenvalue weighted by molar-refractivity contribution is 5.95. The van der Waals surface area contributed by atoms with Crippen LogP contribution in [0.15, 0.2) is 0 Å². The number of Topliss-reactive ketones (excluding diaryl/α,β-unsaturated/α-hetero) is 2. The van der Waals surface area contributed by atoms with Gasteiger partial charge in [0, 0.05) is 25.2 Å². The molecule has 0 saturated carbocycles. The van der Waals surface area contributed by atoms with E-state index in [1.807, 2.05) is 0 Å². The molecule has 0 rings (SSSR count). The summed E-state index contributed by atoms with van der Waals surface area (Å²) >= 11 is 0. The molecule has 0 spiro atoms. The van der Waals surface area contributed by atoms with Crippen LogP contribution in [-0.2, 0) is 9.59 Å². The van der Waals surface area contributed by atoms with Crippen LogP contribution < -0.4 is 0 Å². The second-order valence-electron chi connectivity index (χ2n) is 4.24. The summed E-state index contributed by atoms with van der Waals surface area (Å²) in [6, 6.07) is 0. The Hall–Kier alpha value is -0.700. The lowest BCUT2D eigenvalue weighted by molar-refractivity contribution is -0.141. The van der Waals surface area contributed by atoms with Crippen molar-refractivity contribution in [2.24, 2.45) is 11.8 Å². The van der Waals surface area contributed by atoms with Crippen molar-refractivity contribution in [1.29, 1.82) is 0 Å². The highest BCUT2D eigenvalue weighted by atomic mass is 16.3. The number of carbonyl (C=O) groups excluding carboxylic acids is 2. The molecule has 0 fully saturated rings. The molecule has 0 bridgehead atoms. The quantitative estimate of drug-likeness (QED) is 0.723. The molecule has 2 radical (unpaired) electrons. The Morgan fingerprint density at radius 1 is 1.21 bits per heavy atom. The normalized spacial score (nSPS) is 15.7. The van der Waals surface area contributed by atoms with Gasteiger partial charge in [-0.05, 0) is 0 Å². The highest BCUT2D eigenvalue weighted by Crippen LogP contribution is 2.18. The van der Waals surface area contributed by atoms with Crippen LogP contribution >= 0.6 is 0 Å². The van der Waals surface area contributed by atoms with Gasteiger partial charge in [0.25, 0.3) is 0 Å². The van der Waals surface area contributed by atoms with Crippen LogP contribution in [-0.4, -0.2) is 22.3 Å². The van der Waals surface area contributed by atoms with E-state index < -0.39 is 11.4 Å². The van der Waals surface area contributed by atoms with Crippen LogP contribution in [0.5, 0.6) is 0 Å². The van der Waals surface area contributed by atoms with Gasteiger partial charge in [0.1, 0.15) is 11.4 Å². The van der Waals surface area contributed by atoms with Gasteiger partial charge in [0.05, 0.1) is 0 Å². The molecule has 3 heteroatoms. The Bertz CT molecular complexity index is 227. The second kappa shape index (κ2) is 4.69. The van der Waals surface area contributed by atoms with Crippen molar-refractivity contribution < 1.29 is 14.7 Å². The smallest absolute Gasteiger partial charge is 0.167 e. The van der Waals surface area contributed by atoms with Crippen LogP contribution in [0, 0.1) is 18.8 Å². The fourth-order valence-corrected chi connectivity index (χ4v) is 1.06. The molecular formula is C11H18O3. The van der Waals surface area contributed by atoms with E-state index in [1.165, 1.54) is 0 Å². The van der Waals surface area contributed by atoms with Gasteiger partial charge >= 0.3 is 0 Å². The van der Waals surface area contributed by atoms with Gasteiger partial charge in [-0.2, -0.15) is 0 Å². The molecule has 0 aliphatic rings. The molecule has 3 nitrogen and oxygen atoms in total. The lowest BCUT2D eigenvalue weighted by Crippen LogP contribution is -2.41. The molecule has 1 atom stereocenters. The number of aliphatic hydroxyl groups is 1. The van der Waals surface area contributed by atoms with Crippen molar-refractivity contribution >= 4 is 11.6 Å². The molecule has 0 heterocycles. The first-order valence-corrected chi connectivity index (χ1v) is 4.76. The van der Waals surface area contributed by atoms with E-state index in [1.54, 1.807) is 27.7 Å². The molecule has 14 heavy (non-hydrogen) atoms. The van der Waals surface area contributed by atoms with Gasteiger partial charge in [-0.25, -0.2) is 0 Å². The van der Waals surface area contributed by atoms with E-state index in [2.05, 4.69) is 0 Å². The van der Waals surface area contributed by atoms with Crippen molar-refractivity contribution in [3.05, 3.63) is 6.92 Å². The lowest BCUT2D eigenvalue weighted by atomic mass is 9.86. The lowest BCUT2D eigenvalue weighted by Gasteiger charge is -2.23. The summed E-state index contributed by atoms with van der Waals surface area (Å²) in [6.45, 7) is 12.1. The first-order chi connectivity index (χ1) is 6.18. The molecule has 0 aliphatic heterocycles. The van der Waals surface area contributed by atoms with Gasteiger partial charge < -0.3 is 5.11 Å². The minimum Gasteiger partial charge on any atom is -0.381 e. The Morgan fingerprint density at radius 3 is 1.93 bits per heavy atom. The summed E-state index contributed by atoms with van der Waals surface area (Å²) in [5, 5.41) is 9.58. The molecular weight excluding hydrogens is 180 g/mol. The van der Waals surface area contributed by atoms with Gasteiger partial charge in [0.2, 0.25) is 0 Å². The molecule has 0 aromatic carbocycles. The highest BCUT2D eigenvalue weighted by Gasteiger charge is 2.35. The molecule has 0 aromatic rings. The van der Waals surface area contributed by atoms with E-state index in [0.29, 0.717) is 0 Å². The Morgan fingerprint density at radius 2 is 1.64 bits per heavy atom. The number of ketones is 2. The van der Waals surface area contributed by atoms with E-state index in [-0.39, 0.29) is 24.0 Å². The monoisotopic (exact) mass is 198 g/mol. The van der Waals surface area contributed by atoms with Gasteiger partial charge in [-0.1, -0.05) is 27.7 Å². The molecule has 0 aromatic heterocycles. The third-order valence-electron chi connectivity index (χ3n) is 2.04. The maximum absolute atomic E-state index is 11.4. The van der Waals surface area contributed by atoms with Crippen molar-refractivity contribution in [3.63, 3.8) is 0 Å². The topological polar surface area (TPSA) is 54.4 Å². The molecule has 0 amide bonds.